The average Bonchev–Trinajstić information content (AvgIpc) is 2.73. The molecule has 0 fully saturated rings. The molecule has 0 saturated carbocycles. The van der Waals surface area contributed by atoms with E-state index in [0.717, 1.165) is 16.7 Å². The molecule has 1 atom stereocenters. The third kappa shape index (κ3) is 6.48. The summed E-state index contributed by atoms with van der Waals surface area (Å²) in [5.74, 6) is 0. The molecule has 3 nitrogen and oxygen atoms in total. The number of amides is 1. The highest BCUT2D eigenvalue weighted by Crippen LogP contribution is 2.08. The molecule has 3 aromatic rings. The Morgan fingerprint density at radius 2 is 1.37 bits per heavy atom. The zero-order chi connectivity index (χ0) is 18.7. The van der Waals surface area contributed by atoms with E-state index >= 15 is 0 Å². The first-order valence-corrected chi connectivity index (χ1v) is 9.04. The summed E-state index contributed by atoms with van der Waals surface area (Å²) in [4.78, 5) is 12.3. The average molecular weight is 357 g/mol. The van der Waals surface area contributed by atoms with Crippen LogP contribution in [0.2, 0.25) is 0 Å². The van der Waals surface area contributed by atoms with Crippen LogP contribution in [0.25, 0.3) is 6.08 Å². The van der Waals surface area contributed by atoms with Crippen molar-refractivity contribution in [3.05, 3.63) is 114 Å². The number of benzene rings is 3. The fraction of sp³-hybridized carbons (Fsp3) is 0.125. The number of alkyl carbamates (subject to hydrolysis) is 1. The van der Waals surface area contributed by atoms with Crippen molar-refractivity contribution in [3.8, 4) is 0 Å². The van der Waals surface area contributed by atoms with E-state index < -0.39 is 6.09 Å². The highest BCUT2D eigenvalue weighted by Gasteiger charge is 2.11. The highest BCUT2D eigenvalue weighted by molar-refractivity contribution is 5.68. The SMILES string of the molecule is O=C(NC(/C=C/c1ccccc1)Cc1ccccc1)OCc1ccccc1. The first-order valence-electron chi connectivity index (χ1n) is 9.04. The Labute approximate surface area is 160 Å². The Morgan fingerprint density at radius 1 is 0.815 bits per heavy atom. The van der Waals surface area contributed by atoms with Crippen LogP contribution in [0.1, 0.15) is 16.7 Å². The first-order chi connectivity index (χ1) is 13.3. The summed E-state index contributed by atoms with van der Waals surface area (Å²) in [6.07, 6.45) is 4.31. The third-order valence-electron chi connectivity index (χ3n) is 4.13. The minimum atomic E-state index is -0.419. The molecule has 1 amide bonds. The van der Waals surface area contributed by atoms with E-state index in [0.29, 0.717) is 6.42 Å². The van der Waals surface area contributed by atoms with Crippen molar-refractivity contribution in [1.82, 2.24) is 5.32 Å². The second-order valence-corrected chi connectivity index (χ2v) is 6.27. The number of ether oxygens (including phenoxy) is 1. The largest absolute Gasteiger partial charge is 0.445 e. The smallest absolute Gasteiger partial charge is 0.407 e. The molecule has 136 valence electrons. The van der Waals surface area contributed by atoms with Crippen molar-refractivity contribution in [2.75, 3.05) is 0 Å². The predicted molar refractivity (Wildman–Crippen MR) is 109 cm³/mol. The summed E-state index contributed by atoms with van der Waals surface area (Å²) < 4.78 is 5.36. The van der Waals surface area contributed by atoms with Crippen LogP contribution in [-0.4, -0.2) is 12.1 Å². The summed E-state index contributed by atoms with van der Waals surface area (Å²) in [5, 5.41) is 2.96. The van der Waals surface area contributed by atoms with E-state index in [9.17, 15) is 4.79 Å². The maximum atomic E-state index is 12.3. The molecule has 1 N–H and O–H groups in total. The second kappa shape index (κ2) is 9.97. The Morgan fingerprint density at radius 3 is 2.00 bits per heavy atom. The molecular weight excluding hydrogens is 334 g/mol. The summed E-state index contributed by atoms with van der Waals surface area (Å²) in [6, 6.07) is 29.6. The molecule has 0 radical (unpaired) electrons. The zero-order valence-electron chi connectivity index (χ0n) is 15.1. The van der Waals surface area contributed by atoms with Gasteiger partial charge in [-0.2, -0.15) is 0 Å². The van der Waals surface area contributed by atoms with E-state index in [1.54, 1.807) is 0 Å². The fourth-order valence-corrected chi connectivity index (χ4v) is 2.74. The fourth-order valence-electron chi connectivity index (χ4n) is 2.74. The molecule has 0 heterocycles. The molecule has 3 rings (SSSR count). The van der Waals surface area contributed by atoms with Crippen LogP contribution >= 0.6 is 0 Å². The van der Waals surface area contributed by atoms with Gasteiger partial charge in [-0.1, -0.05) is 103 Å². The van der Waals surface area contributed by atoms with Gasteiger partial charge in [-0.15, -0.1) is 0 Å². The molecule has 1 unspecified atom stereocenters. The lowest BCUT2D eigenvalue weighted by Crippen LogP contribution is -2.35. The quantitative estimate of drug-likeness (QED) is 0.628. The summed E-state index contributed by atoms with van der Waals surface area (Å²) >= 11 is 0. The van der Waals surface area contributed by atoms with E-state index in [1.807, 2.05) is 91.0 Å². The van der Waals surface area contributed by atoms with Crippen LogP contribution in [0.3, 0.4) is 0 Å². The molecule has 0 bridgehead atoms. The molecule has 0 aliphatic rings. The van der Waals surface area contributed by atoms with Crippen LogP contribution in [-0.2, 0) is 17.8 Å². The number of hydrogen-bond acceptors (Lipinski definition) is 2. The monoisotopic (exact) mass is 357 g/mol. The van der Waals surface area contributed by atoms with Crippen LogP contribution in [0, 0.1) is 0 Å². The van der Waals surface area contributed by atoms with Crippen molar-refractivity contribution in [3.63, 3.8) is 0 Å². The van der Waals surface area contributed by atoms with Gasteiger partial charge in [0, 0.05) is 0 Å². The van der Waals surface area contributed by atoms with Crippen molar-refractivity contribution < 1.29 is 9.53 Å². The van der Waals surface area contributed by atoms with Crippen molar-refractivity contribution in [1.29, 1.82) is 0 Å². The van der Waals surface area contributed by atoms with Crippen LogP contribution in [0.5, 0.6) is 0 Å². The van der Waals surface area contributed by atoms with Crippen molar-refractivity contribution >= 4 is 12.2 Å². The Balaban J connectivity index is 1.63. The lowest BCUT2D eigenvalue weighted by molar-refractivity contribution is 0.137. The molecule has 0 aromatic heterocycles. The zero-order valence-corrected chi connectivity index (χ0v) is 15.1. The number of carbonyl (C=O) groups excluding carboxylic acids is 1. The molecule has 3 heteroatoms. The van der Waals surface area contributed by atoms with Crippen molar-refractivity contribution in [2.45, 2.75) is 19.1 Å². The van der Waals surface area contributed by atoms with Gasteiger partial charge in [-0.25, -0.2) is 4.79 Å². The standard InChI is InChI=1S/C24H23NO2/c26-24(27-19-22-14-8-3-9-15-22)25-23(18-21-12-6-2-7-13-21)17-16-20-10-4-1-5-11-20/h1-17,23H,18-19H2,(H,25,26)/b17-16+. The molecule has 0 spiro atoms. The van der Waals surface area contributed by atoms with Crippen LogP contribution in [0.4, 0.5) is 4.79 Å². The van der Waals surface area contributed by atoms with Gasteiger partial charge in [0.25, 0.3) is 0 Å². The maximum Gasteiger partial charge on any atom is 0.407 e. The minimum Gasteiger partial charge on any atom is -0.445 e. The Hall–Kier alpha value is -3.33. The van der Waals surface area contributed by atoms with E-state index in [2.05, 4.69) is 17.4 Å². The Kier molecular flexibility index (Phi) is 6.82. The minimum absolute atomic E-state index is 0.157. The van der Waals surface area contributed by atoms with Gasteiger partial charge in [-0.3, -0.25) is 0 Å². The lowest BCUT2D eigenvalue weighted by atomic mass is 10.0. The van der Waals surface area contributed by atoms with Crippen LogP contribution < -0.4 is 5.32 Å². The topological polar surface area (TPSA) is 38.3 Å². The molecule has 0 aliphatic carbocycles. The normalized spacial score (nSPS) is 11.9. The predicted octanol–water partition coefficient (Wildman–Crippen LogP) is 5.24. The maximum absolute atomic E-state index is 12.3. The molecule has 27 heavy (non-hydrogen) atoms. The number of carbonyl (C=O) groups is 1. The van der Waals surface area contributed by atoms with Gasteiger partial charge < -0.3 is 10.1 Å². The Bertz CT molecular complexity index is 845. The van der Waals surface area contributed by atoms with Gasteiger partial charge in [-0.05, 0) is 23.1 Å². The van der Waals surface area contributed by atoms with Gasteiger partial charge in [0.1, 0.15) is 6.61 Å². The summed E-state index contributed by atoms with van der Waals surface area (Å²) in [6.45, 7) is 0.257. The van der Waals surface area contributed by atoms with Gasteiger partial charge in [0.05, 0.1) is 6.04 Å². The molecule has 0 aliphatic heterocycles. The van der Waals surface area contributed by atoms with Gasteiger partial charge >= 0.3 is 6.09 Å². The van der Waals surface area contributed by atoms with E-state index in [1.165, 1.54) is 0 Å². The first kappa shape index (κ1) is 18.5. The number of hydrogen-bond donors (Lipinski definition) is 1. The summed E-state index contributed by atoms with van der Waals surface area (Å²) in [5.41, 5.74) is 3.21. The number of rotatable bonds is 7. The lowest BCUT2D eigenvalue weighted by Gasteiger charge is -2.15. The van der Waals surface area contributed by atoms with Crippen molar-refractivity contribution in [2.24, 2.45) is 0 Å². The van der Waals surface area contributed by atoms with E-state index in [-0.39, 0.29) is 12.6 Å². The van der Waals surface area contributed by atoms with Crippen LogP contribution in [0.15, 0.2) is 97.1 Å². The molecule has 0 saturated heterocycles. The van der Waals surface area contributed by atoms with E-state index in [4.69, 9.17) is 4.74 Å². The summed E-state index contributed by atoms with van der Waals surface area (Å²) in [7, 11) is 0. The molecular formula is C24H23NO2. The molecule has 3 aromatic carbocycles. The van der Waals surface area contributed by atoms with Gasteiger partial charge in [0.2, 0.25) is 0 Å². The third-order valence-corrected chi connectivity index (χ3v) is 4.13. The highest BCUT2D eigenvalue weighted by atomic mass is 16.5. The second-order valence-electron chi connectivity index (χ2n) is 6.27. The number of nitrogens with one attached hydrogen (secondary N) is 1. The van der Waals surface area contributed by atoms with Gasteiger partial charge in [0.15, 0.2) is 0 Å².